The van der Waals surface area contributed by atoms with Crippen molar-refractivity contribution in [2.24, 2.45) is 0 Å². The van der Waals surface area contributed by atoms with Crippen LogP contribution in [0.15, 0.2) is 79.0 Å². The van der Waals surface area contributed by atoms with Crippen molar-refractivity contribution in [3.05, 3.63) is 107 Å². The van der Waals surface area contributed by atoms with Crippen molar-refractivity contribution in [1.29, 1.82) is 0 Å². The number of hydrogen-bond donors (Lipinski definition) is 1. The van der Waals surface area contributed by atoms with Gasteiger partial charge in [-0.25, -0.2) is 4.98 Å². The Morgan fingerprint density at radius 1 is 0.932 bits per heavy atom. The van der Waals surface area contributed by atoms with Crippen LogP contribution in [0.2, 0.25) is 0 Å². The molecule has 0 spiro atoms. The summed E-state index contributed by atoms with van der Waals surface area (Å²) in [5.41, 5.74) is 2.17. The molecule has 1 aliphatic heterocycles. The number of hydrogen-bond acceptors (Lipinski definition) is 6. The number of aliphatic hydroxyl groups is 1. The minimum absolute atomic E-state index is 0.0295. The number of carbonyl (C=O) groups excluding carboxylic acids is 1. The second-order valence-electron chi connectivity index (χ2n) is 11.8. The minimum Gasteiger partial charge on any atom is -0.489 e. The Hall–Kier alpha value is -4.18. The molecule has 7 nitrogen and oxygen atoms in total. The van der Waals surface area contributed by atoms with Crippen LogP contribution in [0, 0.1) is 0 Å². The van der Waals surface area contributed by atoms with Gasteiger partial charge in [0.05, 0.1) is 30.1 Å². The molecule has 0 radical (unpaired) electrons. The molecule has 0 saturated carbocycles. The monoisotopic (exact) mass is 604 g/mol. The predicted octanol–water partition coefficient (Wildman–Crippen LogP) is 6.22. The Kier molecular flexibility index (Phi) is 8.20. The van der Waals surface area contributed by atoms with Gasteiger partial charge in [-0.3, -0.25) is 9.48 Å². The molecule has 4 aromatic rings. The van der Waals surface area contributed by atoms with E-state index in [4.69, 9.17) is 9.84 Å². The van der Waals surface area contributed by atoms with Crippen molar-refractivity contribution in [3.8, 4) is 5.75 Å². The van der Waals surface area contributed by atoms with Gasteiger partial charge in [0.25, 0.3) is 0 Å². The van der Waals surface area contributed by atoms with E-state index in [0.717, 1.165) is 16.9 Å². The smallest absolute Gasteiger partial charge is 0.398 e. The summed E-state index contributed by atoms with van der Waals surface area (Å²) in [7, 11) is 0. The van der Waals surface area contributed by atoms with Crippen molar-refractivity contribution in [1.82, 2.24) is 14.8 Å². The molecule has 1 N–H and O–H groups in total. The van der Waals surface area contributed by atoms with Crippen molar-refractivity contribution >= 4 is 11.6 Å². The topological polar surface area (TPSA) is 80.5 Å². The fourth-order valence-electron chi connectivity index (χ4n) is 6.52. The third kappa shape index (κ3) is 5.83. The second kappa shape index (κ2) is 12.1. The predicted molar refractivity (Wildman–Crippen MR) is 160 cm³/mol. The molecule has 2 aromatic heterocycles. The fourth-order valence-corrected chi connectivity index (χ4v) is 6.52. The molecule has 2 aliphatic rings. The number of aromatic nitrogens is 3. The maximum Gasteiger partial charge on any atom is 0.398 e. The average Bonchev–Trinajstić information content (AvgIpc) is 3.36. The van der Waals surface area contributed by atoms with Gasteiger partial charge in [0.15, 0.2) is 5.78 Å². The molecule has 10 heteroatoms. The SMILES string of the molecule is CC(C)Oc1ccc(N2CCC(c3nn(C(c4ccccc4)c4ccccc4)c4c3[C@H](C(F)(F)F)[C@@H](O)C(=O)C4)CC2)nc1. The van der Waals surface area contributed by atoms with Crippen LogP contribution in [0.25, 0.3) is 0 Å². The lowest BCUT2D eigenvalue weighted by molar-refractivity contribution is -0.179. The Morgan fingerprint density at radius 2 is 1.55 bits per heavy atom. The van der Waals surface area contributed by atoms with Crippen molar-refractivity contribution in [2.75, 3.05) is 18.0 Å². The lowest BCUT2D eigenvalue weighted by atomic mass is 9.78. The maximum atomic E-state index is 14.7. The summed E-state index contributed by atoms with van der Waals surface area (Å²) in [5.74, 6) is -2.02. The zero-order chi connectivity index (χ0) is 31.0. The van der Waals surface area contributed by atoms with E-state index >= 15 is 0 Å². The number of carbonyl (C=O) groups is 1. The summed E-state index contributed by atoms with van der Waals surface area (Å²) in [6.45, 7) is 5.03. The van der Waals surface area contributed by atoms with Gasteiger partial charge >= 0.3 is 6.18 Å². The molecular weight excluding hydrogens is 569 g/mol. The van der Waals surface area contributed by atoms with Crippen LogP contribution in [0.4, 0.5) is 19.0 Å². The molecule has 3 heterocycles. The lowest BCUT2D eigenvalue weighted by Crippen LogP contribution is -2.43. The highest BCUT2D eigenvalue weighted by molar-refractivity contribution is 5.88. The third-order valence-corrected chi connectivity index (χ3v) is 8.50. The van der Waals surface area contributed by atoms with Crippen LogP contribution >= 0.6 is 0 Å². The number of nitrogens with zero attached hydrogens (tertiary/aromatic N) is 4. The number of aliphatic hydroxyl groups excluding tert-OH is 1. The van der Waals surface area contributed by atoms with E-state index in [-0.39, 0.29) is 29.7 Å². The molecule has 1 fully saturated rings. The number of alkyl halides is 3. The van der Waals surface area contributed by atoms with E-state index in [9.17, 15) is 23.1 Å². The molecule has 44 heavy (non-hydrogen) atoms. The second-order valence-corrected chi connectivity index (χ2v) is 11.8. The summed E-state index contributed by atoms with van der Waals surface area (Å²) in [4.78, 5) is 19.6. The minimum atomic E-state index is -4.83. The molecular formula is C34H35F3N4O3. The van der Waals surface area contributed by atoms with Crippen LogP contribution in [0.3, 0.4) is 0 Å². The highest BCUT2D eigenvalue weighted by atomic mass is 19.4. The van der Waals surface area contributed by atoms with Crippen LogP contribution in [-0.4, -0.2) is 57.1 Å². The number of ether oxygens (including phenoxy) is 1. The average molecular weight is 605 g/mol. The first-order valence-electron chi connectivity index (χ1n) is 15.0. The molecule has 1 aliphatic carbocycles. The number of ketones is 1. The van der Waals surface area contributed by atoms with Gasteiger partial charge < -0.3 is 14.7 Å². The molecule has 6 rings (SSSR count). The number of rotatable bonds is 7. The molecule has 0 unspecified atom stereocenters. The Morgan fingerprint density at radius 3 is 2.07 bits per heavy atom. The van der Waals surface area contributed by atoms with Crippen molar-refractivity contribution in [3.63, 3.8) is 0 Å². The number of anilines is 1. The van der Waals surface area contributed by atoms with Crippen LogP contribution in [0.5, 0.6) is 5.75 Å². The third-order valence-electron chi connectivity index (χ3n) is 8.50. The Labute approximate surface area is 254 Å². The first kappa shape index (κ1) is 29.9. The zero-order valence-corrected chi connectivity index (χ0v) is 24.6. The molecule has 2 atom stereocenters. The van der Waals surface area contributed by atoms with E-state index in [2.05, 4.69) is 9.88 Å². The number of halogens is 3. The number of piperidine rings is 1. The summed E-state index contributed by atoms with van der Waals surface area (Å²) < 4.78 is 51.3. The summed E-state index contributed by atoms with van der Waals surface area (Å²) in [6.07, 6.45) is -4.51. The van der Waals surface area contributed by atoms with E-state index < -0.39 is 30.0 Å². The Balaban J connectivity index is 1.40. The van der Waals surface area contributed by atoms with E-state index in [1.54, 1.807) is 10.9 Å². The van der Waals surface area contributed by atoms with E-state index in [0.29, 0.717) is 37.4 Å². The van der Waals surface area contributed by atoms with Crippen LogP contribution in [0.1, 0.15) is 72.6 Å². The van der Waals surface area contributed by atoms with Crippen molar-refractivity contribution in [2.45, 2.75) is 69.4 Å². The summed E-state index contributed by atoms with van der Waals surface area (Å²) in [6, 6.07) is 22.1. The first-order chi connectivity index (χ1) is 21.1. The summed E-state index contributed by atoms with van der Waals surface area (Å²) >= 11 is 0. The highest BCUT2D eigenvalue weighted by Crippen LogP contribution is 2.48. The van der Waals surface area contributed by atoms with E-state index in [1.165, 1.54) is 0 Å². The largest absolute Gasteiger partial charge is 0.489 e. The standard InChI is InChI=1S/C34H35F3N4O3/c1-21(2)44-25-13-14-28(38-20-25)40-17-15-22(16-18-40)31-29-26(19-27(42)33(43)30(29)34(35,36)37)41(39-31)32(23-9-5-3-6-10-23)24-11-7-4-8-12-24/h3-14,20-22,30,32-33,43H,15-19H2,1-2H3/t30-,33-/m0/s1. The number of benzene rings is 2. The van der Waals surface area contributed by atoms with Crippen LogP contribution in [-0.2, 0) is 11.2 Å². The van der Waals surface area contributed by atoms with Gasteiger partial charge in [-0.2, -0.15) is 18.3 Å². The van der Waals surface area contributed by atoms with Gasteiger partial charge in [-0.05, 0) is 49.9 Å². The zero-order valence-electron chi connectivity index (χ0n) is 24.6. The number of Topliss-reactive ketones (excluding diaryl/α,β-unsaturated/α-hetero) is 1. The number of fused-ring (bicyclic) bond motifs is 1. The summed E-state index contributed by atoms with van der Waals surface area (Å²) in [5, 5.41) is 15.6. The van der Waals surface area contributed by atoms with Crippen molar-refractivity contribution < 1.29 is 27.8 Å². The number of pyridine rings is 1. The first-order valence-corrected chi connectivity index (χ1v) is 15.0. The quantitative estimate of drug-likeness (QED) is 0.270. The highest BCUT2D eigenvalue weighted by Gasteiger charge is 2.54. The molecule has 1 saturated heterocycles. The van der Waals surface area contributed by atoms with Gasteiger partial charge in [0.1, 0.15) is 29.6 Å². The fraction of sp³-hybridized carbons (Fsp3) is 0.382. The van der Waals surface area contributed by atoms with Crippen LogP contribution < -0.4 is 9.64 Å². The molecule has 0 amide bonds. The van der Waals surface area contributed by atoms with Gasteiger partial charge in [0.2, 0.25) is 0 Å². The molecule has 230 valence electrons. The van der Waals surface area contributed by atoms with Gasteiger partial charge in [-0.15, -0.1) is 0 Å². The van der Waals surface area contributed by atoms with E-state index in [1.807, 2.05) is 86.6 Å². The lowest BCUT2D eigenvalue weighted by Gasteiger charge is -2.34. The van der Waals surface area contributed by atoms with Gasteiger partial charge in [0, 0.05) is 24.6 Å². The molecule has 2 aromatic carbocycles. The molecule has 0 bridgehead atoms. The maximum absolute atomic E-state index is 14.7. The normalized spacial score (nSPS) is 19.5. The Bertz CT molecular complexity index is 1540. The van der Waals surface area contributed by atoms with Gasteiger partial charge in [-0.1, -0.05) is 60.7 Å².